The van der Waals surface area contributed by atoms with E-state index in [9.17, 15) is 13.6 Å². The molecule has 0 spiro atoms. The molecule has 0 saturated carbocycles. The number of rotatable bonds is 8. The van der Waals surface area contributed by atoms with Crippen molar-refractivity contribution >= 4 is 12.0 Å². The summed E-state index contributed by atoms with van der Waals surface area (Å²) < 4.78 is 29.6. The molecule has 0 radical (unpaired) electrons. The lowest BCUT2D eigenvalue weighted by Crippen LogP contribution is -2.08. The molecular weight excluding hydrogens is 322 g/mol. The van der Waals surface area contributed by atoms with Gasteiger partial charge >= 0.3 is 5.97 Å². The van der Waals surface area contributed by atoms with Crippen LogP contribution >= 0.6 is 0 Å². The Morgan fingerprint density at radius 3 is 2.24 bits per heavy atom. The number of halogens is 2. The van der Waals surface area contributed by atoms with Crippen molar-refractivity contribution in [3.63, 3.8) is 0 Å². The van der Waals surface area contributed by atoms with Gasteiger partial charge in [0, 0.05) is 6.08 Å². The summed E-state index contributed by atoms with van der Waals surface area (Å²) in [7, 11) is 0. The zero-order valence-corrected chi connectivity index (χ0v) is 14.3. The van der Waals surface area contributed by atoms with Crippen molar-refractivity contribution in [2.45, 2.75) is 39.0 Å². The van der Waals surface area contributed by atoms with Gasteiger partial charge in [-0.2, -0.15) is 8.78 Å². The molecule has 0 bridgehead atoms. The largest absolute Gasteiger partial charge is 0.423 e. The smallest absolute Gasteiger partial charge is 0.343 e. The first kappa shape index (κ1) is 18.8. The molecule has 0 saturated heterocycles. The highest BCUT2D eigenvalue weighted by molar-refractivity contribution is 5.91. The topological polar surface area (TPSA) is 26.3 Å². The van der Waals surface area contributed by atoms with Crippen LogP contribution < -0.4 is 4.74 Å². The van der Waals surface area contributed by atoms with Crippen LogP contribution in [-0.2, 0) is 6.42 Å². The maximum Gasteiger partial charge on any atom is 0.343 e. The Balaban J connectivity index is 1.91. The van der Waals surface area contributed by atoms with Gasteiger partial charge < -0.3 is 4.74 Å². The first-order valence-corrected chi connectivity index (χ1v) is 8.52. The summed E-state index contributed by atoms with van der Waals surface area (Å²) in [5.41, 5.74) is 2.03. The third kappa shape index (κ3) is 6.49. The molecule has 4 heteroatoms. The molecule has 0 amide bonds. The molecule has 0 aliphatic carbocycles. The normalized spacial score (nSPS) is 10.4. The molecule has 0 atom stereocenters. The molecule has 132 valence electrons. The van der Waals surface area contributed by atoms with E-state index in [1.165, 1.54) is 49.1 Å². The number of aryl methyl sites for hydroxylation is 1. The molecule has 0 aromatic heterocycles. The molecule has 0 aliphatic heterocycles. The summed E-state index contributed by atoms with van der Waals surface area (Å²) in [5, 5.41) is 0. The fourth-order valence-corrected chi connectivity index (χ4v) is 2.49. The third-order valence-electron chi connectivity index (χ3n) is 3.88. The van der Waals surface area contributed by atoms with Crippen LogP contribution in [0, 0.1) is 0 Å². The number of ether oxygens (including phenoxy) is 1. The molecule has 0 heterocycles. The second-order valence-corrected chi connectivity index (χ2v) is 5.90. The van der Waals surface area contributed by atoms with E-state index in [0.717, 1.165) is 18.9 Å². The SMILES string of the molecule is CCCCCCc1ccc(C(=O)Oc2ccc(C=C(F)F)cc2)cc1. The molecule has 0 fully saturated rings. The van der Waals surface area contributed by atoms with Crippen molar-refractivity contribution in [2.24, 2.45) is 0 Å². The highest BCUT2D eigenvalue weighted by atomic mass is 19.3. The van der Waals surface area contributed by atoms with Crippen LogP contribution in [0.25, 0.3) is 6.08 Å². The molecule has 2 aromatic rings. The summed E-state index contributed by atoms with van der Waals surface area (Å²) in [6.45, 7) is 2.18. The third-order valence-corrected chi connectivity index (χ3v) is 3.88. The van der Waals surface area contributed by atoms with Crippen molar-refractivity contribution in [1.82, 2.24) is 0 Å². The van der Waals surface area contributed by atoms with Gasteiger partial charge in [-0.3, -0.25) is 0 Å². The van der Waals surface area contributed by atoms with Gasteiger partial charge in [0.1, 0.15) is 5.75 Å². The Morgan fingerprint density at radius 2 is 1.64 bits per heavy atom. The number of esters is 1. The van der Waals surface area contributed by atoms with Gasteiger partial charge in [0.2, 0.25) is 0 Å². The summed E-state index contributed by atoms with van der Waals surface area (Å²) >= 11 is 0. The van der Waals surface area contributed by atoms with Crippen molar-refractivity contribution < 1.29 is 18.3 Å². The van der Waals surface area contributed by atoms with Gasteiger partial charge in [-0.15, -0.1) is 0 Å². The molecule has 25 heavy (non-hydrogen) atoms. The van der Waals surface area contributed by atoms with E-state index in [1.54, 1.807) is 12.1 Å². The summed E-state index contributed by atoms with van der Waals surface area (Å²) in [6, 6.07) is 13.3. The first-order valence-electron chi connectivity index (χ1n) is 8.52. The van der Waals surface area contributed by atoms with E-state index >= 15 is 0 Å². The van der Waals surface area contributed by atoms with E-state index in [0.29, 0.717) is 16.9 Å². The van der Waals surface area contributed by atoms with Crippen LogP contribution in [0.3, 0.4) is 0 Å². The zero-order valence-electron chi connectivity index (χ0n) is 14.3. The van der Waals surface area contributed by atoms with Crippen LogP contribution in [0.2, 0.25) is 0 Å². The number of carbonyl (C=O) groups excluding carboxylic acids is 1. The monoisotopic (exact) mass is 344 g/mol. The van der Waals surface area contributed by atoms with Gasteiger partial charge in [-0.05, 0) is 48.2 Å². The van der Waals surface area contributed by atoms with Crippen LogP contribution in [0.15, 0.2) is 54.6 Å². The molecule has 2 nitrogen and oxygen atoms in total. The summed E-state index contributed by atoms with van der Waals surface area (Å²) in [6.07, 6.45) is 4.83. The predicted molar refractivity (Wildman–Crippen MR) is 95.9 cm³/mol. The average Bonchev–Trinajstić information content (AvgIpc) is 2.60. The van der Waals surface area contributed by atoms with Crippen LogP contribution in [0.1, 0.15) is 54.1 Å². The lowest BCUT2D eigenvalue weighted by Gasteiger charge is -2.06. The van der Waals surface area contributed by atoms with Crippen molar-refractivity contribution in [1.29, 1.82) is 0 Å². The Labute approximate surface area is 147 Å². The highest BCUT2D eigenvalue weighted by Crippen LogP contribution is 2.17. The molecule has 0 N–H and O–H groups in total. The quantitative estimate of drug-likeness (QED) is 0.321. The Morgan fingerprint density at radius 1 is 0.960 bits per heavy atom. The van der Waals surface area contributed by atoms with Crippen LogP contribution in [-0.4, -0.2) is 5.97 Å². The predicted octanol–water partition coefficient (Wildman–Crippen LogP) is 6.27. The van der Waals surface area contributed by atoms with Crippen LogP contribution in [0.5, 0.6) is 5.75 Å². The van der Waals surface area contributed by atoms with Crippen molar-refractivity contribution in [3.8, 4) is 5.75 Å². The number of hydrogen-bond acceptors (Lipinski definition) is 2. The molecule has 2 aromatic carbocycles. The van der Waals surface area contributed by atoms with E-state index in [1.807, 2.05) is 12.1 Å². The van der Waals surface area contributed by atoms with Gasteiger partial charge in [-0.25, -0.2) is 4.79 Å². The lowest BCUT2D eigenvalue weighted by atomic mass is 10.0. The molecule has 2 rings (SSSR count). The number of hydrogen-bond donors (Lipinski definition) is 0. The fourth-order valence-electron chi connectivity index (χ4n) is 2.49. The van der Waals surface area contributed by atoms with Crippen molar-refractivity contribution in [3.05, 3.63) is 71.3 Å². The minimum Gasteiger partial charge on any atom is -0.423 e. The average molecular weight is 344 g/mol. The van der Waals surface area contributed by atoms with E-state index in [4.69, 9.17) is 4.74 Å². The standard InChI is InChI=1S/C21H22F2O2/c1-2-3-4-5-6-16-7-11-18(12-8-16)21(24)25-19-13-9-17(10-14-19)15-20(22)23/h7-15H,2-6H2,1H3. The Bertz CT molecular complexity index is 700. The van der Waals surface area contributed by atoms with Gasteiger partial charge in [0.25, 0.3) is 6.08 Å². The maximum absolute atomic E-state index is 12.2. The van der Waals surface area contributed by atoms with Crippen LogP contribution in [0.4, 0.5) is 8.78 Å². The lowest BCUT2D eigenvalue weighted by molar-refractivity contribution is 0.0734. The van der Waals surface area contributed by atoms with Gasteiger partial charge in [-0.1, -0.05) is 50.5 Å². The molecular formula is C21H22F2O2. The van der Waals surface area contributed by atoms with E-state index < -0.39 is 12.0 Å². The number of benzene rings is 2. The second kappa shape index (κ2) is 9.72. The van der Waals surface area contributed by atoms with E-state index in [2.05, 4.69) is 6.92 Å². The summed E-state index contributed by atoms with van der Waals surface area (Å²) in [5.74, 6) is -0.137. The van der Waals surface area contributed by atoms with Gasteiger partial charge in [0.15, 0.2) is 0 Å². The second-order valence-electron chi connectivity index (χ2n) is 5.90. The van der Waals surface area contributed by atoms with Gasteiger partial charge in [0.05, 0.1) is 5.56 Å². The van der Waals surface area contributed by atoms with E-state index in [-0.39, 0.29) is 0 Å². The Hall–Kier alpha value is -2.49. The summed E-state index contributed by atoms with van der Waals surface area (Å²) in [4.78, 5) is 12.1. The number of unbranched alkanes of at least 4 members (excludes halogenated alkanes) is 3. The molecule has 0 aliphatic rings. The minimum atomic E-state index is -1.76. The minimum absolute atomic E-state index is 0.324. The highest BCUT2D eigenvalue weighted by Gasteiger charge is 2.08. The molecule has 0 unspecified atom stereocenters. The fraction of sp³-hybridized carbons (Fsp3) is 0.286. The first-order chi connectivity index (χ1) is 12.1. The Kier molecular flexibility index (Phi) is 7.33. The zero-order chi connectivity index (χ0) is 18.1. The maximum atomic E-state index is 12.2. The number of carbonyl (C=O) groups is 1. The van der Waals surface area contributed by atoms with Crippen molar-refractivity contribution in [2.75, 3.05) is 0 Å².